The van der Waals surface area contributed by atoms with E-state index in [1.807, 2.05) is 24.3 Å². The maximum absolute atomic E-state index is 13.2. The molecule has 136 valence electrons. The van der Waals surface area contributed by atoms with Crippen LogP contribution in [-0.4, -0.2) is 30.2 Å². The summed E-state index contributed by atoms with van der Waals surface area (Å²) in [5.41, 5.74) is 2.78. The average Bonchev–Trinajstić information content (AvgIpc) is 2.69. The number of benzene rings is 2. The van der Waals surface area contributed by atoms with Crippen LogP contribution >= 0.6 is 15.9 Å². The molecule has 0 atom stereocenters. The van der Waals surface area contributed by atoms with Gasteiger partial charge in [-0.3, -0.25) is 14.8 Å². The first kappa shape index (κ1) is 18.6. The maximum atomic E-state index is 13.2. The van der Waals surface area contributed by atoms with Gasteiger partial charge in [-0.05, 0) is 54.8 Å². The predicted molar refractivity (Wildman–Crippen MR) is 100 cm³/mol. The van der Waals surface area contributed by atoms with Crippen molar-refractivity contribution in [3.8, 4) is 0 Å². The Morgan fingerprint density at radius 1 is 1.00 bits per heavy atom. The maximum Gasteiger partial charge on any atom is 0.274 e. The molecule has 2 amide bonds. The highest BCUT2D eigenvalue weighted by Gasteiger charge is 2.41. The lowest BCUT2D eigenvalue weighted by Crippen LogP contribution is -2.44. The summed E-state index contributed by atoms with van der Waals surface area (Å²) in [5.74, 6) is -0.693. The van der Waals surface area contributed by atoms with E-state index in [9.17, 15) is 9.59 Å². The molecule has 1 fully saturated rings. The molecule has 0 unspecified atom stereocenters. The van der Waals surface area contributed by atoms with E-state index in [0.717, 1.165) is 10.0 Å². The molecule has 7 heteroatoms. The standard InChI is InChI=1S/C19H19BrN2O4/c20-15-5-3-14(4-6-15)19(9-11-26-12-10-19)18(24)21-16-7-1-13(2-8-16)17(23)22-25/h1-8,25H,9-12H2,(H,21,24)(H,22,23). The van der Waals surface area contributed by atoms with E-state index in [2.05, 4.69) is 21.2 Å². The molecule has 26 heavy (non-hydrogen) atoms. The van der Waals surface area contributed by atoms with Crippen molar-refractivity contribution in [2.24, 2.45) is 0 Å². The van der Waals surface area contributed by atoms with Gasteiger partial charge in [0.15, 0.2) is 0 Å². The molecule has 0 aliphatic carbocycles. The van der Waals surface area contributed by atoms with Crippen LogP contribution in [0.2, 0.25) is 0 Å². The van der Waals surface area contributed by atoms with Crippen LogP contribution in [0, 0.1) is 0 Å². The van der Waals surface area contributed by atoms with Gasteiger partial charge in [0.1, 0.15) is 0 Å². The Labute approximate surface area is 159 Å². The van der Waals surface area contributed by atoms with Crippen molar-refractivity contribution in [3.05, 3.63) is 64.1 Å². The zero-order valence-corrected chi connectivity index (χ0v) is 15.6. The van der Waals surface area contributed by atoms with Crippen LogP contribution in [0.25, 0.3) is 0 Å². The molecule has 0 aromatic heterocycles. The zero-order valence-electron chi connectivity index (χ0n) is 14.0. The van der Waals surface area contributed by atoms with Gasteiger partial charge in [0, 0.05) is 28.9 Å². The summed E-state index contributed by atoms with van der Waals surface area (Å²) in [6.45, 7) is 1.05. The minimum atomic E-state index is -0.653. The third-order valence-electron chi connectivity index (χ3n) is 4.68. The Morgan fingerprint density at radius 3 is 2.19 bits per heavy atom. The molecule has 1 aliphatic rings. The van der Waals surface area contributed by atoms with E-state index in [0.29, 0.717) is 37.3 Å². The van der Waals surface area contributed by atoms with E-state index in [4.69, 9.17) is 9.94 Å². The van der Waals surface area contributed by atoms with Gasteiger partial charge in [-0.2, -0.15) is 0 Å². The van der Waals surface area contributed by atoms with Crippen LogP contribution in [0.1, 0.15) is 28.8 Å². The lowest BCUT2D eigenvalue weighted by atomic mass is 9.73. The summed E-state index contributed by atoms with van der Waals surface area (Å²) < 4.78 is 6.43. The first-order valence-electron chi connectivity index (χ1n) is 8.25. The average molecular weight is 419 g/mol. The molecule has 0 bridgehead atoms. The van der Waals surface area contributed by atoms with Crippen LogP contribution in [0.15, 0.2) is 53.0 Å². The number of rotatable bonds is 4. The molecule has 3 N–H and O–H groups in total. The van der Waals surface area contributed by atoms with Crippen molar-refractivity contribution < 1.29 is 19.5 Å². The number of hydrogen-bond acceptors (Lipinski definition) is 4. The number of hydroxylamine groups is 1. The molecule has 0 saturated carbocycles. The van der Waals surface area contributed by atoms with Crippen LogP contribution < -0.4 is 10.8 Å². The number of anilines is 1. The second kappa shape index (κ2) is 7.99. The van der Waals surface area contributed by atoms with Gasteiger partial charge in [0.2, 0.25) is 5.91 Å². The second-order valence-corrected chi connectivity index (χ2v) is 7.09. The van der Waals surface area contributed by atoms with Gasteiger partial charge in [-0.1, -0.05) is 28.1 Å². The largest absolute Gasteiger partial charge is 0.381 e. The highest BCUT2D eigenvalue weighted by molar-refractivity contribution is 9.10. The van der Waals surface area contributed by atoms with Gasteiger partial charge < -0.3 is 10.1 Å². The van der Waals surface area contributed by atoms with Gasteiger partial charge in [0.25, 0.3) is 5.91 Å². The van der Waals surface area contributed by atoms with Crippen molar-refractivity contribution in [1.82, 2.24) is 5.48 Å². The number of nitrogens with one attached hydrogen (secondary N) is 2. The lowest BCUT2D eigenvalue weighted by Gasteiger charge is -2.36. The molecule has 1 aliphatic heterocycles. The Bertz CT molecular complexity index is 784. The third kappa shape index (κ3) is 3.80. The monoisotopic (exact) mass is 418 g/mol. The van der Waals surface area contributed by atoms with E-state index in [1.54, 1.807) is 17.6 Å². The molecule has 0 radical (unpaired) electrons. The minimum Gasteiger partial charge on any atom is -0.381 e. The second-order valence-electron chi connectivity index (χ2n) is 6.17. The van der Waals surface area contributed by atoms with Crippen molar-refractivity contribution in [2.75, 3.05) is 18.5 Å². The molecule has 2 aromatic carbocycles. The summed E-state index contributed by atoms with van der Waals surface area (Å²) in [7, 11) is 0. The summed E-state index contributed by atoms with van der Waals surface area (Å²) in [6.07, 6.45) is 1.21. The molecule has 6 nitrogen and oxygen atoms in total. The normalized spacial score (nSPS) is 15.9. The van der Waals surface area contributed by atoms with Crippen molar-refractivity contribution >= 4 is 33.4 Å². The minimum absolute atomic E-state index is 0.0949. The van der Waals surface area contributed by atoms with Crippen LogP contribution in [0.4, 0.5) is 5.69 Å². The number of amides is 2. The number of carbonyl (C=O) groups excluding carboxylic acids is 2. The van der Waals surface area contributed by atoms with Gasteiger partial charge in [0.05, 0.1) is 5.41 Å². The first-order valence-corrected chi connectivity index (χ1v) is 9.04. The van der Waals surface area contributed by atoms with E-state index in [-0.39, 0.29) is 5.91 Å². The fourth-order valence-electron chi connectivity index (χ4n) is 3.16. The Kier molecular flexibility index (Phi) is 5.70. The fraction of sp³-hybridized carbons (Fsp3) is 0.263. The van der Waals surface area contributed by atoms with Gasteiger partial charge in [-0.15, -0.1) is 0 Å². The number of ether oxygens (including phenoxy) is 1. The smallest absolute Gasteiger partial charge is 0.274 e. The van der Waals surface area contributed by atoms with E-state index in [1.165, 1.54) is 12.1 Å². The highest BCUT2D eigenvalue weighted by Crippen LogP contribution is 2.36. The SMILES string of the molecule is O=C(NO)c1ccc(NC(=O)C2(c3ccc(Br)cc3)CCOCC2)cc1. The van der Waals surface area contributed by atoms with E-state index < -0.39 is 11.3 Å². The van der Waals surface area contributed by atoms with Crippen LogP contribution in [-0.2, 0) is 14.9 Å². The van der Waals surface area contributed by atoms with Gasteiger partial charge >= 0.3 is 0 Å². The van der Waals surface area contributed by atoms with Gasteiger partial charge in [-0.25, -0.2) is 5.48 Å². The third-order valence-corrected chi connectivity index (χ3v) is 5.21. The van der Waals surface area contributed by atoms with Crippen molar-refractivity contribution in [3.63, 3.8) is 0 Å². The summed E-state index contributed by atoms with van der Waals surface area (Å²) in [5, 5.41) is 11.6. The highest BCUT2D eigenvalue weighted by atomic mass is 79.9. The number of halogens is 1. The fourth-order valence-corrected chi connectivity index (χ4v) is 3.42. The van der Waals surface area contributed by atoms with Crippen LogP contribution in [0.3, 0.4) is 0 Å². The Balaban J connectivity index is 1.84. The van der Waals surface area contributed by atoms with E-state index >= 15 is 0 Å². The molecule has 0 spiro atoms. The van der Waals surface area contributed by atoms with Crippen LogP contribution in [0.5, 0.6) is 0 Å². The quantitative estimate of drug-likeness (QED) is 0.525. The van der Waals surface area contributed by atoms with Crippen molar-refractivity contribution in [1.29, 1.82) is 0 Å². The molecule has 3 rings (SSSR count). The topological polar surface area (TPSA) is 87.7 Å². The Hall–Kier alpha value is -2.22. The molecule has 1 saturated heterocycles. The number of carbonyl (C=O) groups is 2. The Morgan fingerprint density at radius 2 is 1.62 bits per heavy atom. The summed E-state index contributed by atoms with van der Waals surface area (Å²) in [4.78, 5) is 24.5. The summed E-state index contributed by atoms with van der Waals surface area (Å²) >= 11 is 3.43. The lowest BCUT2D eigenvalue weighted by molar-refractivity contribution is -0.125. The summed E-state index contributed by atoms with van der Waals surface area (Å²) in [6, 6.07) is 14.1. The molecule has 2 aromatic rings. The zero-order chi connectivity index (χ0) is 18.6. The molecular formula is C19H19BrN2O4. The predicted octanol–water partition coefficient (Wildman–Crippen LogP) is 3.26. The number of hydrogen-bond donors (Lipinski definition) is 3. The first-order chi connectivity index (χ1) is 12.5. The van der Waals surface area contributed by atoms with Crippen molar-refractivity contribution in [2.45, 2.75) is 18.3 Å². The molecule has 1 heterocycles. The molecular weight excluding hydrogens is 400 g/mol.